The van der Waals surface area contributed by atoms with Crippen molar-refractivity contribution in [2.45, 2.75) is 50.3 Å². The van der Waals surface area contributed by atoms with Gasteiger partial charge in [0.15, 0.2) is 6.29 Å². The Balaban J connectivity index is 1.34. The van der Waals surface area contributed by atoms with Crippen LogP contribution in [-0.2, 0) is 4.79 Å². The molecule has 1 aromatic rings. The average Bonchev–Trinajstić information content (AvgIpc) is 2.88. The molecule has 0 saturated carbocycles. The van der Waals surface area contributed by atoms with Gasteiger partial charge in [0, 0.05) is 37.4 Å². The summed E-state index contributed by atoms with van der Waals surface area (Å²) in [5, 5.41) is 11.1. The van der Waals surface area contributed by atoms with E-state index in [4.69, 9.17) is 11.6 Å². The minimum atomic E-state index is -5.09. The van der Waals surface area contributed by atoms with Crippen LogP contribution in [0.4, 0.5) is 18.9 Å². The predicted molar refractivity (Wildman–Crippen MR) is 129 cm³/mol. The van der Waals surface area contributed by atoms with Crippen molar-refractivity contribution in [3.05, 3.63) is 52.6 Å². The topological polar surface area (TPSA) is 60.9 Å². The van der Waals surface area contributed by atoms with Gasteiger partial charge in [-0.05, 0) is 74.1 Å². The van der Waals surface area contributed by atoms with Gasteiger partial charge in [0.25, 0.3) is 11.5 Å². The molecular weight excluding hydrogens is 481 g/mol. The number of carbonyl (C=O) groups is 2. The highest BCUT2D eigenvalue weighted by Gasteiger charge is 2.62. The summed E-state index contributed by atoms with van der Waals surface area (Å²) in [6.07, 6.45) is 3.81. The second-order valence-electron chi connectivity index (χ2n) is 9.63. The Labute approximate surface area is 208 Å². The molecule has 1 N–H and O–H groups in total. The number of aldehydes is 1. The van der Waals surface area contributed by atoms with E-state index in [9.17, 15) is 27.9 Å². The van der Waals surface area contributed by atoms with E-state index < -0.39 is 17.7 Å². The fourth-order valence-corrected chi connectivity index (χ4v) is 5.75. The molecule has 0 spiro atoms. The number of halogens is 4. The van der Waals surface area contributed by atoms with Crippen molar-refractivity contribution >= 4 is 29.5 Å². The Bertz CT molecular complexity index is 1010. The van der Waals surface area contributed by atoms with Crippen LogP contribution >= 0.6 is 11.6 Å². The second kappa shape index (κ2) is 10.3. The van der Waals surface area contributed by atoms with Gasteiger partial charge in [0.2, 0.25) is 0 Å². The Morgan fingerprint density at radius 1 is 1.03 bits per heavy atom. The number of hydrogen-bond acceptors (Lipinski definition) is 4. The maximum Gasteiger partial charge on any atom is 0.430 e. The highest BCUT2D eigenvalue weighted by molar-refractivity contribution is 6.33. The first-order valence-electron chi connectivity index (χ1n) is 12.1. The smallest absolute Gasteiger partial charge is 0.371 e. The van der Waals surface area contributed by atoms with E-state index in [1.807, 2.05) is 6.07 Å². The van der Waals surface area contributed by atoms with Crippen LogP contribution in [0.1, 0.15) is 48.9 Å². The lowest BCUT2D eigenvalue weighted by molar-refractivity contribution is -0.242. The Morgan fingerprint density at radius 3 is 2.17 bits per heavy atom. The summed E-state index contributed by atoms with van der Waals surface area (Å²) in [6.45, 7) is 2.08. The highest BCUT2D eigenvalue weighted by atomic mass is 35.5. The first-order valence-corrected chi connectivity index (χ1v) is 12.5. The van der Waals surface area contributed by atoms with Crippen molar-refractivity contribution in [2.24, 2.45) is 11.8 Å². The van der Waals surface area contributed by atoms with E-state index in [1.165, 1.54) is 17.1 Å². The van der Waals surface area contributed by atoms with Gasteiger partial charge in [-0.25, -0.2) is 0 Å². The third-order valence-electron chi connectivity index (χ3n) is 7.64. The summed E-state index contributed by atoms with van der Waals surface area (Å²) in [7, 11) is 0. The molecule has 2 aliphatic heterocycles. The molecule has 1 amide bonds. The molecule has 35 heavy (non-hydrogen) atoms. The SMILES string of the molecule is O=Cc1ccc(N2CCC(C3CCN(C(=O)[C@](O)(C4=CCCC=C4)C(F)(F)F)CC3)CC2)cc1Cl. The summed E-state index contributed by atoms with van der Waals surface area (Å²) in [5.41, 5.74) is -2.45. The van der Waals surface area contributed by atoms with Gasteiger partial charge in [-0.1, -0.05) is 29.8 Å². The largest absolute Gasteiger partial charge is 0.430 e. The number of carbonyl (C=O) groups excluding carboxylic acids is 2. The van der Waals surface area contributed by atoms with E-state index in [2.05, 4.69) is 4.90 Å². The number of piperidine rings is 2. The van der Waals surface area contributed by atoms with E-state index in [0.717, 1.165) is 37.9 Å². The molecule has 0 radical (unpaired) electrons. The standard InChI is InChI=1S/C26H30ClF3N2O3/c27-23-16-22(7-6-20(23)17-33)31-12-8-18(9-13-31)19-10-14-32(15-11-19)24(34)25(35,26(28,29)30)21-4-2-1-3-5-21/h2,4-7,16-19,35H,1,3,8-15H2/t25-/m1/s1. The van der Waals surface area contributed by atoms with Crippen molar-refractivity contribution in [3.8, 4) is 0 Å². The zero-order chi connectivity index (χ0) is 25.2. The van der Waals surface area contributed by atoms with Gasteiger partial charge in [0.05, 0.1) is 5.02 Å². The van der Waals surface area contributed by atoms with Crippen LogP contribution in [0.2, 0.25) is 5.02 Å². The molecule has 3 aliphatic rings. The number of rotatable bonds is 5. The molecule has 0 unspecified atom stereocenters. The van der Waals surface area contributed by atoms with Crippen molar-refractivity contribution in [3.63, 3.8) is 0 Å². The van der Waals surface area contributed by atoms with Crippen molar-refractivity contribution in [1.29, 1.82) is 0 Å². The monoisotopic (exact) mass is 510 g/mol. The lowest BCUT2D eigenvalue weighted by atomic mass is 9.78. The molecule has 9 heteroatoms. The number of alkyl halides is 3. The average molecular weight is 511 g/mol. The zero-order valence-corrected chi connectivity index (χ0v) is 20.2. The highest BCUT2D eigenvalue weighted by Crippen LogP contribution is 2.41. The van der Waals surface area contributed by atoms with Crippen molar-refractivity contribution < 1.29 is 27.9 Å². The molecule has 2 saturated heterocycles. The van der Waals surface area contributed by atoms with Gasteiger partial charge in [-0.2, -0.15) is 13.2 Å². The van der Waals surface area contributed by atoms with Crippen LogP contribution < -0.4 is 4.90 Å². The molecular formula is C26H30ClF3N2O3. The number of aliphatic hydroxyl groups is 1. The summed E-state index contributed by atoms with van der Waals surface area (Å²) >= 11 is 6.16. The minimum Gasteiger partial charge on any atom is -0.371 e. The molecule has 4 rings (SSSR count). The number of nitrogens with zero attached hydrogens (tertiary/aromatic N) is 2. The second-order valence-corrected chi connectivity index (χ2v) is 10.0. The zero-order valence-electron chi connectivity index (χ0n) is 19.4. The lowest BCUT2D eigenvalue weighted by Gasteiger charge is -2.43. The van der Waals surface area contributed by atoms with Crippen LogP contribution in [0.25, 0.3) is 0 Å². The van der Waals surface area contributed by atoms with Crippen LogP contribution in [0.5, 0.6) is 0 Å². The van der Waals surface area contributed by atoms with Crippen LogP contribution in [0.3, 0.4) is 0 Å². The number of hydrogen-bond donors (Lipinski definition) is 1. The summed E-state index contributed by atoms with van der Waals surface area (Å²) in [5.74, 6) is -0.513. The molecule has 1 atom stereocenters. The number of amides is 1. The molecule has 2 fully saturated rings. The minimum absolute atomic E-state index is 0.210. The summed E-state index contributed by atoms with van der Waals surface area (Å²) < 4.78 is 41.7. The number of anilines is 1. The molecule has 1 aromatic carbocycles. The van der Waals surface area contributed by atoms with Crippen molar-refractivity contribution in [2.75, 3.05) is 31.1 Å². The summed E-state index contributed by atoms with van der Waals surface area (Å²) in [6, 6.07) is 5.40. The van der Waals surface area contributed by atoms with E-state index >= 15 is 0 Å². The third kappa shape index (κ3) is 5.14. The first kappa shape index (κ1) is 25.8. The molecule has 190 valence electrons. The van der Waals surface area contributed by atoms with Gasteiger partial charge in [-0.3, -0.25) is 9.59 Å². The normalized spacial score (nSPS) is 22.0. The fraction of sp³-hybridized carbons (Fsp3) is 0.538. The molecule has 1 aliphatic carbocycles. The van der Waals surface area contributed by atoms with Gasteiger partial charge >= 0.3 is 6.18 Å². The Hall–Kier alpha value is -2.32. The van der Waals surface area contributed by atoms with Crippen LogP contribution in [-0.4, -0.2) is 60.2 Å². The van der Waals surface area contributed by atoms with E-state index in [0.29, 0.717) is 48.1 Å². The maximum atomic E-state index is 13.9. The Morgan fingerprint density at radius 2 is 1.66 bits per heavy atom. The van der Waals surface area contributed by atoms with Crippen LogP contribution in [0, 0.1) is 11.8 Å². The van der Waals surface area contributed by atoms with E-state index in [1.54, 1.807) is 18.2 Å². The quantitative estimate of drug-likeness (QED) is 0.555. The third-order valence-corrected chi connectivity index (χ3v) is 7.97. The molecule has 2 heterocycles. The molecule has 0 bridgehead atoms. The maximum absolute atomic E-state index is 13.9. The fourth-order valence-electron chi connectivity index (χ4n) is 5.53. The van der Waals surface area contributed by atoms with Crippen molar-refractivity contribution in [1.82, 2.24) is 4.90 Å². The lowest BCUT2D eigenvalue weighted by Crippen LogP contribution is -2.60. The van der Waals surface area contributed by atoms with E-state index in [-0.39, 0.29) is 18.7 Å². The number of benzene rings is 1. The predicted octanol–water partition coefficient (Wildman–Crippen LogP) is 5.18. The number of allylic oxidation sites excluding steroid dienone is 2. The van der Waals surface area contributed by atoms with Gasteiger partial charge in [-0.15, -0.1) is 0 Å². The summed E-state index contributed by atoms with van der Waals surface area (Å²) in [4.78, 5) is 27.4. The van der Waals surface area contributed by atoms with Crippen LogP contribution in [0.15, 0.2) is 42.0 Å². The van der Waals surface area contributed by atoms with Gasteiger partial charge < -0.3 is 14.9 Å². The Kier molecular flexibility index (Phi) is 7.62. The number of likely N-dealkylation sites (tertiary alicyclic amines) is 1. The molecule has 0 aromatic heterocycles. The molecule has 5 nitrogen and oxygen atoms in total. The van der Waals surface area contributed by atoms with Gasteiger partial charge in [0.1, 0.15) is 0 Å². The first-order chi connectivity index (χ1) is 16.6.